The zero-order chi connectivity index (χ0) is 17.1. The van der Waals surface area contributed by atoms with Gasteiger partial charge in [0.1, 0.15) is 5.03 Å². The predicted octanol–water partition coefficient (Wildman–Crippen LogP) is 6.22. The average molecular weight is 373 g/mol. The molecule has 2 aromatic carbocycles. The Bertz CT molecular complexity index is 864. The fraction of sp³-hybridized carbons (Fsp3) is 0.158. The van der Waals surface area contributed by atoms with E-state index >= 15 is 0 Å². The molecular formula is C19H17ClN2S2. The van der Waals surface area contributed by atoms with Crippen molar-refractivity contribution in [3.05, 3.63) is 59.4 Å². The van der Waals surface area contributed by atoms with Crippen molar-refractivity contribution in [2.24, 2.45) is 0 Å². The van der Waals surface area contributed by atoms with E-state index in [1.54, 1.807) is 23.5 Å². The lowest BCUT2D eigenvalue weighted by Crippen LogP contribution is -1.98. The van der Waals surface area contributed by atoms with Gasteiger partial charge in [-0.2, -0.15) is 0 Å². The molecule has 122 valence electrons. The molecule has 0 aliphatic rings. The van der Waals surface area contributed by atoms with Crippen LogP contribution in [0.2, 0.25) is 5.28 Å². The molecule has 0 saturated heterocycles. The third-order valence-corrected chi connectivity index (χ3v) is 5.39. The summed E-state index contributed by atoms with van der Waals surface area (Å²) in [6.07, 6.45) is 4.09. The molecule has 0 spiro atoms. The van der Waals surface area contributed by atoms with Gasteiger partial charge in [0.05, 0.1) is 5.69 Å². The van der Waals surface area contributed by atoms with Gasteiger partial charge in [-0.05, 0) is 42.7 Å². The van der Waals surface area contributed by atoms with Crippen molar-refractivity contribution in [3.8, 4) is 22.4 Å². The van der Waals surface area contributed by atoms with Gasteiger partial charge in [0.2, 0.25) is 5.28 Å². The van der Waals surface area contributed by atoms with Crippen LogP contribution in [0, 0.1) is 6.92 Å². The molecule has 1 heterocycles. The highest BCUT2D eigenvalue weighted by atomic mass is 35.5. The Hall–Kier alpha value is -1.49. The van der Waals surface area contributed by atoms with Crippen LogP contribution in [-0.2, 0) is 0 Å². The summed E-state index contributed by atoms with van der Waals surface area (Å²) in [5, 5.41) is 1.17. The summed E-state index contributed by atoms with van der Waals surface area (Å²) >= 11 is 9.51. The maximum Gasteiger partial charge on any atom is 0.224 e. The number of halogens is 1. The first-order valence-electron chi connectivity index (χ1n) is 7.46. The van der Waals surface area contributed by atoms with Gasteiger partial charge < -0.3 is 0 Å². The number of nitrogens with zero attached hydrogens (tertiary/aromatic N) is 2. The molecule has 5 heteroatoms. The normalized spacial score (nSPS) is 10.8. The van der Waals surface area contributed by atoms with Crippen molar-refractivity contribution in [1.29, 1.82) is 0 Å². The molecule has 0 unspecified atom stereocenters. The van der Waals surface area contributed by atoms with Crippen LogP contribution < -0.4 is 0 Å². The minimum Gasteiger partial charge on any atom is -0.217 e. The van der Waals surface area contributed by atoms with Gasteiger partial charge in [-0.15, -0.1) is 23.5 Å². The number of aryl methyl sites for hydroxylation is 1. The summed E-state index contributed by atoms with van der Waals surface area (Å²) in [5.74, 6) is 0. The van der Waals surface area contributed by atoms with E-state index in [-0.39, 0.29) is 5.28 Å². The smallest absolute Gasteiger partial charge is 0.217 e. The number of hydrogen-bond acceptors (Lipinski definition) is 4. The Kier molecular flexibility index (Phi) is 5.49. The van der Waals surface area contributed by atoms with Crippen LogP contribution in [0.1, 0.15) is 5.56 Å². The molecule has 0 amide bonds. The summed E-state index contributed by atoms with van der Waals surface area (Å²) in [5.41, 5.74) is 5.33. The third kappa shape index (κ3) is 3.46. The van der Waals surface area contributed by atoms with Crippen molar-refractivity contribution in [3.63, 3.8) is 0 Å². The molecule has 1 aromatic heterocycles. The molecule has 0 aliphatic heterocycles. The van der Waals surface area contributed by atoms with Gasteiger partial charge in [0.15, 0.2) is 0 Å². The molecule has 0 saturated carbocycles. The Morgan fingerprint density at radius 1 is 0.875 bits per heavy atom. The van der Waals surface area contributed by atoms with Gasteiger partial charge in [0.25, 0.3) is 0 Å². The van der Waals surface area contributed by atoms with Crippen LogP contribution in [-0.4, -0.2) is 22.5 Å². The molecule has 0 atom stereocenters. The van der Waals surface area contributed by atoms with E-state index in [2.05, 4.69) is 59.5 Å². The molecule has 0 aliphatic carbocycles. The Morgan fingerprint density at radius 2 is 1.58 bits per heavy atom. The van der Waals surface area contributed by atoms with Crippen molar-refractivity contribution in [2.45, 2.75) is 16.8 Å². The van der Waals surface area contributed by atoms with E-state index in [1.807, 2.05) is 18.4 Å². The Labute approximate surface area is 156 Å². The second-order valence-electron chi connectivity index (χ2n) is 5.29. The minimum atomic E-state index is 0.279. The lowest BCUT2D eigenvalue weighted by Gasteiger charge is -2.15. The van der Waals surface area contributed by atoms with Crippen LogP contribution in [0.4, 0.5) is 0 Å². The third-order valence-electron chi connectivity index (χ3n) is 3.74. The van der Waals surface area contributed by atoms with Gasteiger partial charge in [-0.1, -0.05) is 48.0 Å². The highest BCUT2D eigenvalue weighted by molar-refractivity contribution is 7.99. The van der Waals surface area contributed by atoms with E-state index < -0.39 is 0 Å². The van der Waals surface area contributed by atoms with Gasteiger partial charge in [-0.3, -0.25) is 0 Å². The quantitative estimate of drug-likeness (QED) is 0.308. The summed E-state index contributed by atoms with van der Waals surface area (Å²) in [4.78, 5) is 10.2. The molecular weight excluding hydrogens is 356 g/mol. The second-order valence-corrected chi connectivity index (χ2v) is 7.27. The predicted molar refractivity (Wildman–Crippen MR) is 106 cm³/mol. The maximum absolute atomic E-state index is 6.22. The standard InChI is InChI=1S/C19H17ClN2S2/c1-12-8-10-13(11-9-12)16-17(21-19(20)22-18(16)24-3)14-6-4-5-7-15(14)23-2/h4-11H,1-3H3. The highest BCUT2D eigenvalue weighted by Crippen LogP contribution is 2.40. The molecule has 0 N–H and O–H groups in total. The first-order valence-corrected chi connectivity index (χ1v) is 10.3. The zero-order valence-electron chi connectivity index (χ0n) is 13.7. The topological polar surface area (TPSA) is 25.8 Å². The molecule has 2 nitrogen and oxygen atoms in total. The van der Waals surface area contributed by atoms with Crippen molar-refractivity contribution in [1.82, 2.24) is 9.97 Å². The molecule has 0 fully saturated rings. The molecule has 24 heavy (non-hydrogen) atoms. The first-order chi connectivity index (χ1) is 11.6. The molecule has 0 radical (unpaired) electrons. The van der Waals surface area contributed by atoms with Crippen molar-refractivity contribution in [2.75, 3.05) is 12.5 Å². The number of rotatable bonds is 4. The second kappa shape index (κ2) is 7.60. The number of benzene rings is 2. The van der Waals surface area contributed by atoms with Crippen LogP contribution in [0.5, 0.6) is 0 Å². The highest BCUT2D eigenvalue weighted by Gasteiger charge is 2.18. The SMILES string of the molecule is CSc1ccccc1-c1nc(Cl)nc(SC)c1-c1ccc(C)cc1. The number of aromatic nitrogens is 2. The fourth-order valence-electron chi connectivity index (χ4n) is 2.58. The zero-order valence-corrected chi connectivity index (χ0v) is 16.1. The van der Waals surface area contributed by atoms with Gasteiger partial charge >= 0.3 is 0 Å². The summed E-state index contributed by atoms with van der Waals surface area (Å²) in [7, 11) is 0. The van der Waals surface area contributed by atoms with Gasteiger partial charge in [-0.25, -0.2) is 9.97 Å². The van der Waals surface area contributed by atoms with E-state index in [9.17, 15) is 0 Å². The summed E-state index contributed by atoms with van der Waals surface area (Å²) in [6, 6.07) is 16.7. The summed E-state index contributed by atoms with van der Waals surface area (Å²) in [6.45, 7) is 2.08. The maximum atomic E-state index is 6.22. The fourth-order valence-corrected chi connectivity index (χ4v) is 3.99. The van der Waals surface area contributed by atoms with E-state index in [1.165, 1.54) is 10.5 Å². The van der Waals surface area contributed by atoms with Gasteiger partial charge in [0, 0.05) is 16.0 Å². The first kappa shape index (κ1) is 17.3. The van der Waals surface area contributed by atoms with Crippen LogP contribution in [0.15, 0.2) is 58.5 Å². The lowest BCUT2D eigenvalue weighted by atomic mass is 10.00. The van der Waals surface area contributed by atoms with E-state index in [0.29, 0.717) is 0 Å². The molecule has 0 bridgehead atoms. The Morgan fingerprint density at radius 3 is 2.25 bits per heavy atom. The van der Waals surface area contributed by atoms with Crippen LogP contribution >= 0.6 is 35.1 Å². The van der Waals surface area contributed by atoms with E-state index in [4.69, 9.17) is 11.6 Å². The monoisotopic (exact) mass is 372 g/mol. The lowest BCUT2D eigenvalue weighted by molar-refractivity contribution is 1.06. The largest absolute Gasteiger partial charge is 0.224 e. The van der Waals surface area contributed by atoms with E-state index in [0.717, 1.165) is 27.4 Å². The summed E-state index contributed by atoms with van der Waals surface area (Å²) < 4.78 is 0. The Balaban J connectivity index is 2.32. The van der Waals surface area contributed by atoms with Crippen molar-refractivity contribution >= 4 is 35.1 Å². The molecule has 3 aromatic rings. The minimum absolute atomic E-state index is 0.279. The molecule has 3 rings (SSSR count). The van der Waals surface area contributed by atoms with Crippen LogP contribution in [0.3, 0.4) is 0 Å². The average Bonchev–Trinajstić information content (AvgIpc) is 2.61. The van der Waals surface area contributed by atoms with Crippen LogP contribution in [0.25, 0.3) is 22.4 Å². The number of hydrogen-bond donors (Lipinski definition) is 0. The number of thioether (sulfide) groups is 2. The van der Waals surface area contributed by atoms with Crippen molar-refractivity contribution < 1.29 is 0 Å².